The second-order valence-corrected chi connectivity index (χ2v) is 3.44. The van der Waals surface area contributed by atoms with E-state index < -0.39 is 0 Å². The standard InChI is InChI=1S/C10H9ClN2/c1-6-3-4-12-9-8(6)5-7(2)13-10(9)11/h3-5H,1-2H3. The number of pyridine rings is 2. The van der Waals surface area contributed by atoms with Gasteiger partial charge in [0.25, 0.3) is 0 Å². The smallest absolute Gasteiger partial charge is 0.155 e. The van der Waals surface area contributed by atoms with Crippen LogP contribution >= 0.6 is 11.6 Å². The lowest BCUT2D eigenvalue weighted by atomic mass is 10.1. The van der Waals surface area contributed by atoms with Crippen molar-refractivity contribution in [3.8, 4) is 0 Å². The lowest BCUT2D eigenvalue weighted by molar-refractivity contribution is 1.20. The molecule has 0 fully saturated rings. The molecule has 2 rings (SSSR count). The Morgan fingerprint density at radius 3 is 2.85 bits per heavy atom. The number of hydrogen-bond acceptors (Lipinski definition) is 2. The van der Waals surface area contributed by atoms with Gasteiger partial charge in [-0.15, -0.1) is 0 Å². The summed E-state index contributed by atoms with van der Waals surface area (Å²) in [5.41, 5.74) is 2.89. The summed E-state index contributed by atoms with van der Waals surface area (Å²) >= 11 is 5.96. The molecule has 0 atom stereocenters. The second-order valence-electron chi connectivity index (χ2n) is 3.08. The van der Waals surface area contributed by atoms with Crippen molar-refractivity contribution < 1.29 is 0 Å². The first-order valence-electron chi connectivity index (χ1n) is 4.07. The predicted molar refractivity (Wildman–Crippen MR) is 54.0 cm³/mol. The molecule has 0 saturated carbocycles. The molecule has 0 N–H and O–H groups in total. The molecule has 2 aromatic heterocycles. The van der Waals surface area contributed by atoms with Gasteiger partial charge in [-0.25, -0.2) is 4.98 Å². The molecule has 2 heterocycles. The zero-order valence-electron chi connectivity index (χ0n) is 7.50. The van der Waals surface area contributed by atoms with Gasteiger partial charge in [0.15, 0.2) is 5.15 Å². The molecule has 0 aliphatic rings. The second kappa shape index (κ2) is 2.96. The third kappa shape index (κ3) is 1.38. The van der Waals surface area contributed by atoms with Crippen molar-refractivity contribution in [3.05, 3.63) is 34.7 Å². The molecular formula is C10H9ClN2. The highest BCUT2D eigenvalue weighted by atomic mass is 35.5. The van der Waals surface area contributed by atoms with E-state index in [1.54, 1.807) is 6.20 Å². The summed E-state index contributed by atoms with van der Waals surface area (Å²) in [4.78, 5) is 8.33. The summed E-state index contributed by atoms with van der Waals surface area (Å²) in [5.74, 6) is 0. The predicted octanol–water partition coefficient (Wildman–Crippen LogP) is 2.90. The highest BCUT2D eigenvalue weighted by Gasteiger charge is 2.04. The van der Waals surface area contributed by atoms with E-state index in [1.165, 1.54) is 5.56 Å². The SMILES string of the molecule is Cc1cc2c(C)ccnc2c(Cl)n1. The lowest BCUT2D eigenvalue weighted by Crippen LogP contribution is -1.89. The number of rotatable bonds is 0. The van der Waals surface area contributed by atoms with Gasteiger partial charge in [0, 0.05) is 17.3 Å². The van der Waals surface area contributed by atoms with E-state index in [-0.39, 0.29) is 0 Å². The Kier molecular flexibility index (Phi) is 1.93. The maximum Gasteiger partial charge on any atom is 0.155 e. The van der Waals surface area contributed by atoms with Crippen LogP contribution in [-0.4, -0.2) is 9.97 Å². The summed E-state index contributed by atoms with van der Waals surface area (Å²) in [6.07, 6.45) is 1.75. The monoisotopic (exact) mass is 192 g/mol. The van der Waals surface area contributed by atoms with Crippen LogP contribution in [0, 0.1) is 13.8 Å². The fourth-order valence-corrected chi connectivity index (χ4v) is 1.65. The van der Waals surface area contributed by atoms with Gasteiger partial charge in [0.2, 0.25) is 0 Å². The van der Waals surface area contributed by atoms with Crippen LogP contribution < -0.4 is 0 Å². The van der Waals surface area contributed by atoms with Gasteiger partial charge in [-0.05, 0) is 31.5 Å². The van der Waals surface area contributed by atoms with Crippen LogP contribution in [0.5, 0.6) is 0 Å². The Morgan fingerprint density at radius 2 is 2.08 bits per heavy atom. The minimum atomic E-state index is 0.485. The third-order valence-electron chi connectivity index (χ3n) is 2.03. The fourth-order valence-electron chi connectivity index (χ4n) is 1.37. The Labute approximate surface area is 81.6 Å². The zero-order valence-corrected chi connectivity index (χ0v) is 8.26. The molecule has 0 spiro atoms. The molecule has 66 valence electrons. The molecule has 0 bridgehead atoms. The summed E-state index contributed by atoms with van der Waals surface area (Å²) in [7, 11) is 0. The third-order valence-corrected chi connectivity index (χ3v) is 2.29. The van der Waals surface area contributed by atoms with Crippen molar-refractivity contribution in [2.45, 2.75) is 13.8 Å². The van der Waals surface area contributed by atoms with Crippen molar-refractivity contribution in [3.63, 3.8) is 0 Å². The van der Waals surface area contributed by atoms with E-state index in [9.17, 15) is 0 Å². The molecule has 0 aliphatic carbocycles. The van der Waals surface area contributed by atoms with Crippen LogP contribution in [0.3, 0.4) is 0 Å². The van der Waals surface area contributed by atoms with Crippen LogP contribution in [0.1, 0.15) is 11.3 Å². The molecule has 0 unspecified atom stereocenters. The topological polar surface area (TPSA) is 25.8 Å². The van der Waals surface area contributed by atoms with E-state index >= 15 is 0 Å². The minimum absolute atomic E-state index is 0.485. The molecule has 0 aliphatic heterocycles. The summed E-state index contributed by atoms with van der Waals surface area (Å²) in [5, 5.41) is 1.57. The van der Waals surface area contributed by atoms with Crippen LogP contribution in [0.4, 0.5) is 0 Å². The number of hydrogen-bond donors (Lipinski definition) is 0. The van der Waals surface area contributed by atoms with Gasteiger partial charge >= 0.3 is 0 Å². The Balaban J connectivity index is 2.94. The molecule has 2 aromatic rings. The van der Waals surface area contributed by atoms with E-state index in [1.807, 2.05) is 26.0 Å². The molecule has 2 nitrogen and oxygen atoms in total. The highest BCUT2D eigenvalue weighted by Crippen LogP contribution is 2.22. The van der Waals surface area contributed by atoms with Gasteiger partial charge in [-0.1, -0.05) is 11.6 Å². The molecule has 13 heavy (non-hydrogen) atoms. The summed E-state index contributed by atoms with van der Waals surface area (Å²) < 4.78 is 0. The summed E-state index contributed by atoms with van der Waals surface area (Å²) in [6, 6.07) is 3.97. The van der Waals surface area contributed by atoms with Crippen molar-refractivity contribution in [2.75, 3.05) is 0 Å². The van der Waals surface area contributed by atoms with E-state index in [2.05, 4.69) is 9.97 Å². The molecular weight excluding hydrogens is 184 g/mol. The van der Waals surface area contributed by atoms with Crippen molar-refractivity contribution in [2.24, 2.45) is 0 Å². The van der Waals surface area contributed by atoms with Gasteiger partial charge < -0.3 is 0 Å². The average Bonchev–Trinajstić information content (AvgIpc) is 2.07. The molecule has 0 radical (unpaired) electrons. The molecule has 3 heteroatoms. The van der Waals surface area contributed by atoms with E-state index in [0.29, 0.717) is 5.15 Å². The number of nitrogens with zero attached hydrogens (tertiary/aromatic N) is 2. The Bertz CT molecular complexity index is 466. The van der Waals surface area contributed by atoms with Crippen LogP contribution in [0.25, 0.3) is 10.9 Å². The van der Waals surface area contributed by atoms with Gasteiger partial charge in [-0.3, -0.25) is 4.98 Å². The highest BCUT2D eigenvalue weighted by molar-refractivity contribution is 6.33. The van der Waals surface area contributed by atoms with Crippen molar-refractivity contribution >= 4 is 22.5 Å². The first kappa shape index (κ1) is 8.45. The largest absolute Gasteiger partial charge is 0.253 e. The maximum absolute atomic E-state index is 5.96. The van der Waals surface area contributed by atoms with Crippen LogP contribution in [0.15, 0.2) is 18.3 Å². The van der Waals surface area contributed by atoms with Gasteiger partial charge in [-0.2, -0.15) is 0 Å². The maximum atomic E-state index is 5.96. The zero-order chi connectivity index (χ0) is 9.42. The number of aryl methyl sites for hydroxylation is 2. The fraction of sp³-hybridized carbons (Fsp3) is 0.200. The quantitative estimate of drug-likeness (QED) is 0.600. The number of halogens is 1. The normalized spacial score (nSPS) is 10.7. The molecule has 0 saturated heterocycles. The Morgan fingerprint density at radius 1 is 1.31 bits per heavy atom. The lowest BCUT2D eigenvalue weighted by Gasteiger charge is -2.03. The Hall–Kier alpha value is -1.15. The summed E-state index contributed by atoms with van der Waals surface area (Å²) in [6.45, 7) is 3.97. The minimum Gasteiger partial charge on any atom is -0.253 e. The van der Waals surface area contributed by atoms with Crippen LogP contribution in [-0.2, 0) is 0 Å². The number of fused-ring (bicyclic) bond motifs is 1. The van der Waals surface area contributed by atoms with E-state index in [4.69, 9.17) is 11.6 Å². The first-order chi connectivity index (χ1) is 6.18. The van der Waals surface area contributed by atoms with Crippen LogP contribution in [0.2, 0.25) is 5.15 Å². The molecule has 0 amide bonds. The number of aromatic nitrogens is 2. The van der Waals surface area contributed by atoms with Gasteiger partial charge in [0.1, 0.15) is 5.52 Å². The average molecular weight is 193 g/mol. The van der Waals surface area contributed by atoms with E-state index in [0.717, 1.165) is 16.6 Å². The first-order valence-corrected chi connectivity index (χ1v) is 4.45. The van der Waals surface area contributed by atoms with Gasteiger partial charge in [0.05, 0.1) is 0 Å². The van der Waals surface area contributed by atoms with Crippen molar-refractivity contribution in [1.82, 2.24) is 9.97 Å². The molecule has 0 aromatic carbocycles. The van der Waals surface area contributed by atoms with Crippen molar-refractivity contribution in [1.29, 1.82) is 0 Å².